The van der Waals surface area contributed by atoms with Gasteiger partial charge < -0.3 is 10.4 Å². The van der Waals surface area contributed by atoms with Gasteiger partial charge in [0.15, 0.2) is 0 Å². The predicted octanol–water partition coefficient (Wildman–Crippen LogP) is -0.556. The average Bonchev–Trinajstić information content (AvgIpc) is 2.32. The van der Waals surface area contributed by atoms with E-state index in [9.17, 15) is 9.70 Å². The van der Waals surface area contributed by atoms with Crippen LogP contribution in [0.4, 0.5) is 4.79 Å². The smallest absolute Gasteiger partial charge is 0.340 e. The summed E-state index contributed by atoms with van der Waals surface area (Å²) in [5, 5.41) is 14.3. The van der Waals surface area contributed by atoms with Crippen molar-refractivity contribution >= 4 is 6.03 Å². The van der Waals surface area contributed by atoms with Crippen LogP contribution in [0.3, 0.4) is 0 Å². The minimum absolute atomic E-state index is 0.00234. The lowest BCUT2D eigenvalue weighted by Crippen LogP contribution is -2.27. The first-order valence-electron chi connectivity index (χ1n) is 3.30. The molecule has 0 spiro atoms. The molecule has 1 saturated heterocycles. The molecular formula is C5H9N3O3. The first-order valence-corrected chi connectivity index (χ1v) is 3.30. The van der Waals surface area contributed by atoms with E-state index in [4.69, 9.17) is 5.11 Å². The number of nitroso groups, excluding NO2 is 1. The van der Waals surface area contributed by atoms with Crippen molar-refractivity contribution in [2.75, 3.05) is 13.2 Å². The maximum atomic E-state index is 10.7. The second-order valence-corrected chi connectivity index (χ2v) is 2.32. The number of hydrogen-bond acceptors (Lipinski definition) is 4. The Morgan fingerprint density at radius 1 is 1.82 bits per heavy atom. The maximum absolute atomic E-state index is 10.7. The summed E-state index contributed by atoms with van der Waals surface area (Å²) in [5.74, 6) is 0. The third-order valence-electron chi connectivity index (χ3n) is 1.53. The van der Waals surface area contributed by atoms with Crippen LogP contribution in [0.5, 0.6) is 0 Å². The van der Waals surface area contributed by atoms with Gasteiger partial charge in [-0.15, -0.1) is 4.91 Å². The number of nitrogens with one attached hydrogen (secondary N) is 1. The fourth-order valence-corrected chi connectivity index (χ4v) is 0.976. The molecule has 1 fully saturated rings. The molecule has 0 bridgehead atoms. The highest BCUT2D eigenvalue weighted by Crippen LogP contribution is 2.06. The van der Waals surface area contributed by atoms with E-state index in [2.05, 4.69) is 10.6 Å². The van der Waals surface area contributed by atoms with Gasteiger partial charge in [0.1, 0.15) is 0 Å². The zero-order valence-electron chi connectivity index (χ0n) is 5.86. The monoisotopic (exact) mass is 159 g/mol. The summed E-state index contributed by atoms with van der Waals surface area (Å²) in [6.07, 6.45) is 0.456. The molecular weight excluding hydrogens is 150 g/mol. The molecule has 0 aliphatic carbocycles. The number of aliphatic hydroxyl groups excluding tert-OH is 1. The number of nitrogens with zero attached hydrogens (tertiary/aromatic N) is 2. The van der Waals surface area contributed by atoms with Crippen LogP contribution in [-0.4, -0.2) is 35.3 Å². The Kier molecular flexibility index (Phi) is 2.37. The Morgan fingerprint density at radius 2 is 2.55 bits per heavy atom. The molecule has 0 aromatic rings. The summed E-state index contributed by atoms with van der Waals surface area (Å²) in [7, 11) is 0. The van der Waals surface area contributed by atoms with Crippen molar-refractivity contribution in [3.63, 3.8) is 0 Å². The first kappa shape index (κ1) is 7.93. The summed E-state index contributed by atoms with van der Waals surface area (Å²) in [5.41, 5.74) is 0. The highest BCUT2D eigenvalue weighted by molar-refractivity contribution is 5.76. The third kappa shape index (κ3) is 1.64. The van der Waals surface area contributed by atoms with Crippen LogP contribution < -0.4 is 5.32 Å². The molecule has 1 heterocycles. The maximum Gasteiger partial charge on any atom is 0.340 e. The van der Waals surface area contributed by atoms with Gasteiger partial charge in [-0.05, 0) is 6.42 Å². The minimum Gasteiger partial charge on any atom is -0.396 e. The second kappa shape index (κ2) is 3.29. The number of aliphatic hydroxyl groups is 1. The lowest BCUT2D eigenvalue weighted by Gasteiger charge is -2.03. The van der Waals surface area contributed by atoms with E-state index in [0.29, 0.717) is 6.42 Å². The number of carbonyl (C=O) groups is 1. The summed E-state index contributed by atoms with van der Waals surface area (Å²) >= 11 is 0. The van der Waals surface area contributed by atoms with Gasteiger partial charge in [0, 0.05) is 6.61 Å². The van der Waals surface area contributed by atoms with Crippen molar-refractivity contribution in [1.82, 2.24) is 10.3 Å². The zero-order valence-corrected chi connectivity index (χ0v) is 5.86. The van der Waals surface area contributed by atoms with Crippen molar-refractivity contribution in [3.8, 4) is 0 Å². The van der Waals surface area contributed by atoms with Crippen molar-refractivity contribution < 1.29 is 9.90 Å². The molecule has 2 amide bonds. The van der Waals surface area contributed by atoms with Gasteiger partial charge in [-0.3, -0.25) is 0 Å². The van der Waals surface area contributed by atoms with Crippen LogP contribution in [0.2, 0.25) is 0 Å². The number of rotatable bonds is 3. The van der Waals surface area contributed by atoms with Crippen molar-refractivity contribution in [2.45, 2.75) is 12.5 Å². The molecule has 1 unspecified atom stereocenters. The van der Waals surface area contributed by atoms with Crippen LogP contribution >= 0.6 is 0 Å². The zero-order chi connectivity index (χ0) is 8.27. The fraction of sp³-hybridized carbons (Fsp3) is 0.800. The lowest BCUT2D eigenvalue weighted by molar-refractivity contribution is 0.218. The molecule has 0 aromatic carbocycles. The van der Waals surface area contributed by atoms with Gasteiger partial charge in [0.25, 0.3) is 0 Å². The minimum atomic E-state index is -0.488. The Morgan fingerprint density at radius 3 is 3.00 bits per heavy atom. The number of amides is 2. The van der Waals surface area contributed by atoms with Crippen molar-refractivity contribution in [1.29, 1.82) is 0 Å². The average molecular weight is 159 g/mol. The Bertz CT molecular complexity index is 172. The van der Waals surface area contributed by atoms with E-state index >= 15 is 0 Å². The van der Waals surface area contributed by atoms with Gasteiger partial charge in [0.2, 0.25) is 0 Å². The second-order valence-electron chi connectivity index (χ2n) is 2.32. The van der Waals surface area contributed by atoms with E-state index in [0.717, 1.165) is 5.01 Å². The van der Waals surface area contributed by atoms with Crippen LogP contribution in [0.15, 0.2) is 5.29 Å². The van der Waals surface area contributed by atoms with Gasteiger partial charge in [-0.1, -0.05) is 0 Å². The fourth-order valence-electron chi connectivity index (χ4n) is 0.976. The highest BCUT2D eigenvalue weighted by atomic mass is 16.3. The van der Waals surface area contributed by atoms with Crippen LogP contribution in [0, 0.1) is 4.91 Å². The number of carbonyl (C=O) groups excluding carboxylic acids is 1. The molecule has 1 atom stereocenters. The molecule has 62 valence electrons. The third-order valence-corrected chi connectivity index (χ3v) is 1.53. The van der Waals surface area contributed by atoms with E-state index in [-0.39, 0.29) is 19.2 Å². The Labute approximate surface area is 63.1 Å². The molecule has 1 rings (SSSR count). The van der Waals surface area contributed by atoms with Crippen LogP contribution in [-0.2, 0) is 0 Å². The summed E-state index contributed by atoms with van der Waals surface area (Å²) in [6, 6.07) is -0.636. The van der Waals surface area contributed by atoms with Gasteiger partial charge in [0.05, 0.1) is 17.9 Å². The van der Waals surface area contributed by atoms with Gasteiger partial charge in [-0.25, -0.2) is 4.79 Å². The van der Waals surface area contributed by atoms with Crippen molar-refractivity contribution in [2.24, 2.45) is 5.29 Å². The molecule has 0 radical (unpaired) electrons. The molecule has 6 heteroatoms. The van der Waals surface area contributed by atoms with E-state index < -0.39 is 6.03 Å². The Hall–Kier alpha value is -1.17. The molecule has 1 aliphatic rings. The molecule has 2 N–H and O–H groups in total. The normalized spacial score (nSPS) is 23.5. The first-order chi connectivity index (χ1) is 5.27. The molecule has 1 aliphatic heterocycles. The summed E-state index contributed by atoms with van der Waals surface area (Å²) < 4.78 is 0. The molecule has 0 aromatic heterocycles. The molecule has 6 nitrogen and oxygen atoms in total. The quantitative estimate of drug-likeness (QED) is 0.542. The topological polar surface area (TPSA) is 82.0 Å². The van der Waals surface area contributed by atoms with Gasteiger partial charge >= 0.3 is 6.03 Å². The van der Waals surface area contributed by atoms with Gasteiger partial charge in [-0.2, -0.15) is 5.01 Å². The largest absolute Gasteiger partial charge is 0.396 e. The predicted molar refractivity (Wildman–Crippen MR) is 36.5 cm³/mol. The Balaban J connectivity index is 2.42. The van der Waals surface area contributed by atoms with E-state index in [1.54, 1.807) is 0 Å². The molecule has 0 saturated carbocycles. The standard InChI is InChI=1S/C5H9N3O3/c9-2-1-4-3-8(7-11)5(10)6-4/h4,9H,1-3H2,(H,6,10). The summed E-state index contributed by atoms with van der Waals surface area (Å²) in [4.78, 5) is 20.6. The highest BCUT2D eigenvalue weighted by Gasteiger charge is 2.28. The van der Waals surface area contributed by atoms with E-state index in [1.165, 1.54) is 0 Å². The number of urea groups is 1. The van der Waals surface area contributed by atoms with Crippen LogP contribution in [0.1, 0.15) is 6.42 Å². The van der Waals surface area contributed by atoms with E-state index in [1.807, 2.05) is 0 Å². The lowest BCUT2D eigenvalue weighted by atomic mass is 10.2. The van der Waals surface area contributed by atoms with Crippen molar-refractivity contribution in [3.05, 3.63) is 4.91 Å². The van der Waals surface area contributed by atoms with Crippen LogP contribution in [0.25, 0.3) is 0 Å². The summed E-state index contributed by atoms with van der Waals surface area (Å²) in [6.45, 7) is 0.251. The number of hydrogen-bond donors (Lipinski definition) is 2. The SMILES string of the molecule is O=NN1CC(CCO)NC1=O. The molecule has 11 heavy (non-hydrogen) atoms.